The third-order valence-corrected chi connectivity index (χ3v) is 12.2. The van der Waals surface area contributed by atoms with E-state index in [0.29, 0.717) is 17.3 Å². The second-order valence-electron chi connectivity index (χ2n) is 12.4. The van der Waals surface area contributed by atoms with Crippen LogP contribution < -0.4 is 5.32 Å². The average Bonchev–Trinajstić information content (AvgIpc) is 3.60. The van der Waals surface area contributed by atoms with Gasteiger partial charge >= 0.3 is 0 Å². The lowest BCUT2D eigenvalue weighted by Crippen LogP contribution is -2.61. The fourth-order valence-corrected chi connectivity index (χ4v) is 9.95. The number of thiophene rings is 1. The average molecular weight is 691 g/mol. The molecule has 2 aromatic rings. The van der Waals surface area contributed by atoms with Crippen molar-refractivity contribution in [1.29, 1.82) is 0 Å². The zero-order chi connectivity index (χ0) is 34.8. The number of nitrogens with zero attached hydrogens (tertiary/aromatic N) is 1. The molecular weight excluding hydrogens is 629 g/mol. The van der Waals surface area contributed by atoms with Gasteiger partial charge in [0.1, 0.15) is 5.37 Å². The van der Waals surface area contributed by atoms with Crippen LogP contribution in [0, 0.1) is 6.92 Å². The number of unbranched alkanes of at least 4 members (excludes halogenated alkanes) is 2. The van der Waals surface area contributed by atoms with E-state index >= 15 is 0 Å². The van der Waals surface area contributed by atoms with Crippen LogP contribution in [0.4, 0.5) is 0 Å². The molecule has 3 atom stereocenters. The summed E-state index contributed by atoms with van der Waals surface area (Å²) in [6.45, 7) is 30.9. The second kappa shape index (κ2) is 22.3. The maximum atomic E-state index is 4.33. The Bertz CT molecular complexity index is 1320. The van der Waals surface area contributed by atoms with Gasteiger partial charge in [0.15, 0.2) is 0 Å². The van der Waals surface area contributed by atoms with Crippen molar-refractivity contribution in [2.45, 2.75) is 116 Å². The second-order valence-corrected chi connectivity index (χ2v) is 15.5. The molecule has 1 fully saturated rings. The molecule has 0 spiro atoms. The summed E-state index contributed by atoms with van der Waals surface area (Å²) in [6.07, 6.45) is 16.3. The molecule has 3 aliphatic rings. The monoisotopic (exact) mass is 690 g/mol. The first kappa shape index (κ1) is 40.8. The largest absolute Gasteiger partial charge is 0.381 e. The van der Waals surface area contributed by atoms with Gasteiger partial charge in [0.2, 0.25) is 0 Å². The molecule has 1 N–H and O–H groups in total. The van der Waals surface area contributed by atoms with Crippen molar-refractivity contribution in [3.8, 4) is 0 Å². The number of hydrogen-bond donors (Lipinski definition) is 1. The Morgan fingerprint density at radius 2 is 1.83 bits per heavy atom. The van der Waals surface area contributed by atoms with Crippen molar-refractivity contribution in [3.05, 3.63) is 131 Å². The molecule has 0 bridgehead atoms. The first-order valence-corrected chi connectivity index (χ1v) is 20.5. The molecule has 0 amide bonds. The molecule has 3 unspecified atom stereocenters. The third-order valence-electron chi connectivity index (χ3n) is 8.81. The predicted molar refractivity (Wildman–Crippen MR) is 219 cm³/mol. The molecule has 1 aromatic heterocycles. The number of hydrogen-bond acceptors (Lipinski definition) is 5. The van der Waals surface area contributed by atoms with Gasteiger partial charge in [-0.2, -0.15) is 11.8 Å². The molecular formula is C42H62N2S3. The van der Waals surface area contributed by atoms with E-state index in [9.17, 15) is 0 Å². The number of nitrogens with one attached hydrogen (secondary N) is 1. The number of thioether (sulfide) groups is 2. The van der Waals surface area contributed by atoms with Gasteiger partial charge in [-0.05, 0) is 112 Å². The summed E-state index contributed by atoms with van der Waals surface area (Å²) in [5, 5.41) is 5.94. The summed E-state index contributed by atoms with van der Waals surface area (Å²) in [5.74, 6) is 3.92. The molecule has 258 valence electrons. The summed E-state index contributed by atoms with van der Waals surface area (Å²) in [4.78, 5) is 3.91. The van der Waals surface area contributed by atoms with Gasteiger partial charge in [0.25, 0.3) is 0 Å². The van der Waals surface area contributed by atoms with E-state index in [2.05, 4.69) is 125 Å². The quantitative estimate of drug-likeness (QED) is 0.176. The summed E-state index contributed by atoms with van der Waals surface area (Å²) in [6, 6.07) is 9.62. The number of benzene rings is 1. The molecule has 1 aliphatic carbocycles. The maximum absolute atomic E-state index is 4.33. The Morgan fingerprint density at radius 3 is 2.43 bits per heavy atom. The SMILES string of the molecule is C=C.C=CC.C=CNC1C(=C)N2C(C)=C(CSCc3cc(CCCCC)cc(C)c3C3C=C(C)CCC3)CSC12.CCc1cccs1. The Kier molecular flexibility index (Phi) is 19.4. The topological polar surface area (TPSA) is 15.3 Å². The van der Waals surface area contributed by atoms with Crippen LogP contribution in [-0.2, 0) is 18.6 Å². The van der Waals surface area contributed by atoms with Gasteiger partial charge in [0, 0.05) is 39.4 Å². The van der Waals surface area contributed by atoms with Crippen LogP contribution in [0.5, 0.6) is 0 Å². The van der Waals surface area contributed by atoms with Crippen LogP contribution in [0.1, 0.15) is 106 Å². The zero-order valence-electron chi connectivity index (χ0n) is 30.3. The number of allylic oxidation sites excluding steroid dienone is 4. The minimum atomic E-state index is 0.328. The minimum Gasteiger partial charge on any atom is -0.381 e. The van der Waals surface area contributed by atoms with Crippen molar-refractivity contribution in [1.82, 2.24) is 10.2 Å². The molecule has 0 saturated carbocycles. The van der Waals surface area contributed by atoms with E-state index in [1.165, 1.54) is 78.8 Å². The highest BCUT2D eigenvalue weighted by Gasteiger charge is 2.45. The molecule has 5 rings (SSSR count). The van der Waals surface area contributed by atoms with E-state index in [0.717, 1.165) is 17.3 Å². The Balaban J connectivity index is 0.000000545. The van der Waals surface area contributed by atoms with Crippen LogP contribution in [0.15, 0.2) is 103 Å². The molecule has 47 heavy (non-hydrogen) atoms. The van der Waals surface area contributed by atoms with Gasteiger partial charge in [-0.15, -0.1) is 42.8 Å². The van der Waals surface area contributed by atoms with E-state index in [4.69, 9.17) is 0 Å². The summed E-state index contributed by atoms with van der Waals surface area (Å²) in [7, 11) is 0. The van der Waals surface area contributed by atoms with Crippen LogP contribution in [0.25, 0.3) is 0 Å². The smallest absolute Gasteiger partial charge is 0.105 e. The normalized spacial score (nSPS) is 19.7. The van der Waals surface area contributed by atoms with Crippen molar-refractivity contribution < 1.29 is 0 Å². The van der Waals surface area contributed by atoms with E-state index in [-0.39, 0.29) is 0 Å². The van der Waals surface area contributed by atoms with Crippen LogP contribution in [0.2, 0.25) is 0 Å². The van der Waals surface area contributed by atoms with E-state index in [1.54, 1.807) is 34.5 Å². The van der Waals surface area contributed by atoms with Crippen molar-refractivity contribution in [3.63, 3.8) is 0 Å². The van der Waals surface area contributed by atoms with Crippen molar-refractivity contribution >= 4 is 34.9 Å². The highest BCUT2D eigenvalue weighted by molar-refractivity contribution is 8.00. The Hall–Kier alpha value is -2.34. The predicted octanol–water partition coefficient (Wildman–Crippen LogP) is 12.8. The fraction of sp³-hybridized carbons (Fsp3) is 0.476. The number of fused-ring (bicyclic) bond motifs is 1. The molecule has 2 aliphatic heterocycles. The lowest BCUT2D eigenvalue weighted by atomic mass is 9.81. The highest BCUT2D eigenvalue weighted by atomic mass is 32.2. The van der Waals surface area contributed by atoms with Gasteiger partial charge in [-0.1, -0.05) is 75.8 Å². The van der Waals surface area contributed by atoms with Crippen LogP contribution >= 0.6 is 34.9 Å². The molecule has 5 heteroatoms. The summed E-state index contributed by atoms with van der Waals surface area (Å²) >= 11 is 5.96. The molecule has 1 saturated heterocycles. The minimum absolute atomic E-state index is 0.328. The van der Waals surface area contributed by atoms with Crippen molar-refractivity contribution in [2.24, 2.45) is 0 Å². The first-order chi connectivity index (χ1) is 22.8. The van der Waals surface area contributed by atoms with Gasteiger partial charge in [-0.3, -0.25) is 0 Å². The van der Waals surface area contributed by atoms with Crippen LogP contribution in [-0.4, -0.2) is 27.8 Å². The molecule has 1 aromatic carbocycles. The zero-order valence-corrected chi connectivity index (χ0v) is 32.8. The Labute approximate surface area is 301 Å². The van der Waals surface area contributed by atoms with E-state index < -0.39 is 0 Å². The highest BCUT2D eigenvalue weighted by Crippen LogP contribution is 2.45. The lowest BCUT2D eigenvalue weighted by Gasteiger charge is -2.54. The summed E-state index contributed by atoms with van der Waals surface area (Å²) in [5.41, 5.74) is 12.0. The van der Waals surface area contributed by atoms with E-state index in [1.807, 2.05) is 30.0 Å². The van der Waals surface area contributed by atoms with Gasteiger partial charge in [0.05, 0.1) is 6.04 Å². The van der Waals surface area contributed by atoms with Gasteiger partial charge in [-0.25, -0.2) is 0 Å². The first-order valence-electron chi connectivity index (χ1n) is 17.4. The fourth-order valence-electron chi connectivity index (χ4n) is 6.50. The van der Waals surface area contributed by atoms with Crippen molar-refractivity contribution in [2.75, 3.05) is 11.5 Å². The Morgan fingerprint density at radius 1 is 1.09 bits per heavy atom. The lowest BCUT2D eigenvalue weighted by molar-refractivity contribution is 0.228. The van der Waals surface area contributed by atoms with Gasteiger partial charge < -0.3 is 10.2 Å². The standard InChI is InChI=1S/C31H44N2S2.C6H8S.C3H6.C2H4/c1-7-9-10-13-25-16-22(4)29(26-14-11-12-21(3)15-26)27(17-25)18-34-19-28-20-35-31-30(32-8-2)24(6)33(31)23(28)5;1-2-6-4-3-5-7-6;1-3-2;1-2/h8,15-17,26,30-32H,2,6-7,9-14,18-20H2,1,3-5H3;3-5H,2H2,1H3;3H,1H2,2H3;1-2H2. The number of rotatable bonds is 12. The molecule has 0 radical (unpaired) electrons. The maximum Gasteiger partial charge on any atom is 0.105 e. The molecule has 2 nitrogen and oxygen atoms in total. The molecule has 3 heterocycles. The third kappa shape index (κ3) is 11.9. The van der Waals surface area contributed by atoms with Crippen LogP contribution in [0.3, 0.4) is 0 Å². The summed E-state index contributed by atoms with van der Waals surface area (Å²) < 4.78 is 0. The number of aryl methyl sites for hydroxylation is 3.